The number of nitrogens with zero attached hydrogens (tertiary/aromatic N) is 1. The van der Waals surface area contributed by atoms with Crippen molar-refractivity contribution in [1.29, 1.82) is 0 Å². The minimum absolute atomic E-state index is 0.0759. The molecule has 0 unspecified atom stereocenters. The van der Waals surface area contributed by atoms with Gasteiger partial charge in [-0.3, -0.25) is 9.59 Å². The molecule has 0 spiro atoms. The van der Waals surface area contributed by atoms with E-state index in [1.165, 1.54) is 10.5 Å². The Hall–Kier alpha value is -1.65. The summed E-state index contributed by atoms with van der Waals surface area (Å²) in [5, 5.41) is 0.503. The molecule has 0 radical (unpaired) electrons. The third-order valence-corrected chi connectivity index (χ3v) is 6.87. The number of rotatable bonds is 2. The molecule has 3 atom stereocenters. The number of carbonyl (C=O) groups is 2. The molecule has 5 heteroatoms. The molecule has 2 aromatic rings. The highest BCUT2D eigenvalue weighted by Gasteiger charge is 2.51. The Kier molecular flexibility index (Phi) is 4.66. The van der Waals surface area contributed by atoms with Crippen LogP contribution < -0.4 is 4.90 Å². The quantitative estimate of drug-likeness (QED) is 0.589. The molecule has 2 aliphatic rings. The predicted molar refractivity (Wildman–Crippen MR) is 106 cm³/mol. The molecule has 26 heavy (non-hydrogen) atoms. The van der Waals surface area contributed by atoms with Gasteiger partial charge in [0.1, 0.15) is 0 Å². The zero-order valence-electron chi connectivity index (χ0n) is 14.4. The van der Waals surface area contributed by atoms with Crippen LogP contribution in [0.15, 0.2) is 46.9 Å². The molecule has 3 nitrogen and oxygen atoms in total. The lowest BCUT2D eigenvalue weighted by atomic mass is 9.73. The Morgan fingerprint density at radius 1 is 1.04 bits per heavy atom. The van der Waals surface area contributed by atoms with Gasteiger partial charge in [0.15, 0.2) is 0 Å². The molecule has 1 aliphatic carbocycles. The molecule has 2 aromatic carbocycles. The standard InChI is InChI=1S/C21H19BrClNO2/c1-12-9-17(22)18(23)11-19(12)24-20(25)15-8-7-14(10-16(15)21(24)26)13-5-3-2-4-6-13/h2-6,9,11,14-16H,7-8,10H2,1H3/t14-,15+,16+/m1/s1. The molecule has 1 aliphatic heterocycles. The van der Waals surface area contributed by atoms with Crippen molar-refractivity contribution in [2.24, 2.45) is 11.8 Å². The molecule has 2 amide bonds. The number of hydrogen-bond acceptors (Lipinski definition) is 2. The van der Waals surface area contributed by atoms with Crippen molar-refractivity contribution in [2.45, 2.75) is 32.1 Å². The van der Waals surface area contributed by atoms with Crippen LogP contribution in [0.2, 0.25) is 5.02 Å². The number of halogens is 2. The van der Waals surface area contributed by atoms with E-state index < -0.39 is 0 Å². The van der Waals surface area contributed by atoms with Crippen LogP contribution in [-0.2, 0) is 9.59 Å². The Balaban J connectivity index is 1.65. The van der Waals surface area contributed by atoms with E-state index in [0.29, 0.717) is 16.6 Å². The number of benzene rings is 2. The Morgan fingerprint density at radius 2 is 1.73 bits per heavy atom. The van der Waals surface area contributed by atoms with E-state index in [2.05, 4.69) is 28.1 Å². The first-order valence-corrected chi connectivity index (χ1v) is 10.0. The number of anilines is 1. The first-order valence-electron chi connectivity index (χ1n) is 8.85. The van der Waals surface area contributed by atoms with Gasteiger partial charge in [-0.1, -0.05) is 41.9 Å². The molecular formula is C21H19BrClNO2. The van der Waals surface area contributed by atoms with Crippen LogP contribution in [0.5, 0.6) is 0 Å². The summed E-state index contributed by atoms with van der Waals surface area (Å²) in [5.74, 6) is -0.258. The Labute approximate surface area is 166 Å². The topological polar surface area (TPSA) is 37.4 Å². The lowest BCUT2D eigenvalue weighted by molar-refractivity contribution is -0.122. The summed E-state index contributed by atoms with van der Waals surface area (Å²) in [6.07, 6.45) is 2.44. The predicted octanol–water partition coefficient (Wildman–Crippen LogP) is 5.48. The third kappa shape index (κ3) is 2.89. The molecule has 1 heterocycles. The average molecular weight is 433 g/mol. The molecule has 134 valence electrons. The van der Waals surface area contributed by atoms with Crippen molar-refractivity contribution in [1.82, 2.24) is 0 Å². The average Bonchev–Trinajstić information content (AvgIpc) is 2.89. The summed E-state index contributed by atoms with van der Waals surface area (Å²) in [6, 6.07) is 13.9. The van der Waals surface area contributed by atoms with Crippen LogP contribution in [0.4, 0.5) is 5.69 Å². The molecular weight excluding hydrogens is 414 g/mol. The monoisotopic (exact) mass is 431 g/mol. The minimum Gasteiger partial charge on any atom is -0.274 e. The molecule has 0 bridgehead atoms. The summed E-state index contributed by atoms with van der Waals surface area (Å²) in [4.78, 5) is 27.5. The SMILES string of the molecule is Cc1cc(Br)c(Cl)cc1N1C(=O)[C@H]2CC[C@@H](c3ccccc3)C[C@@H]2C1=O. The summed E-state index contributed by atoms with van der Waals surface area (Å²) in [7, 11) is 0. The van der Waals surface area contributed by atoms with Gasteiger partial charge in [-0.05, 0) is 71.3 Å². The van der Waals surface area contributed by atoms with Gasteiger partial charge in [0, 0.05) is 4.47 Å². The summed E-state index contributed by atoms with van der Waals surface area (Å²) >= 11 is 9.61. The molecule has 1 saturated carbocycles. The van der Waals surface area contributed by atoms with Crippen LogP contribution in [0, 0.1) is 18.8 Å². The number of amides is 2. The number of imide groups is 1. The smallest absolute Gasteiger partial charge is 0.237 e. The van der Waals surface area contributed by atoms with E-state index in [0.717, 1.165) is 29.3 Å². The van der Waals surface area contributed by atoms with Gasteiger partial charge in [-0.15, -0.1) is 0 Å². The highest BCUT2D eigenvalue weighted by molar-refractivity contribution is 9.10. The fraction of sp³-hybridized carbons (Fsp3) is 0.333. The van der Waals surface area contributed by atoms with Crippen molar-refractivity contribution < 1.29 is 9.59 Å². The van der Waals surface area contributed by atoms with Gasteiger partial charge in [0.2, 0.25) is 11.8 Å². The molecule has 1 saturated heterocycles. The van der Waals surface area contributed by atoms with Gasteiger partial charge < -0.3 is 0 Å². The zero-order chi connectivity index (χ0) is 18.4. The fourth-order valence-electron chi connectivity index (χ4n) is 4.32. The Morgan fingerprint density at radius 3 is 2.46 bits per heavy atom. The second kappa shape index (κ2) is 6.82. The number of hydrogen-bond donors (Lipinski definition) is 0. The largest absolute Gasteiger partial charge is 0.274 e. The molecule has 0 N–H and O–H groups in total. The maximum Gasteiger partial charge on any atom is 0.237 e. The Bertz CT molecular complexity index is 883. The lowest BCUT2D eigenvalue weighted by Gasteiger charge is -2.28. The zero-order valence-corrected chi connectivity index (χ0v) is 16.8. The van der Waals surface area contributed by atoms with E-state index in [1.807, 2.05) is 31.2 Å². The van der Waals surface area contributed by atoms with E-state index >= 15 is 0 Å². The van der Waals surface area contributed by atoms with Crippen molar-refractivity contribution in [3.05, 3.63) is 63.1 Å². The van der Waals surface area contributed by atoms with Crippen molar-refractivity contribution in [3.63, 3.8) is 0 Å². The highest BCUT2D eigenvalue weighted by atomic mass is 79.9. The first kappa shape index (κ1) is 17.7. The summed E-state index contributed by atoms with van der Waals surface area (Å²) in [5.41, 5.74) is 2.73. The van der Waals surface area contributed by atoms with E-state index in [-0.39, 0.29) is 23.7 Å². The van der Waals surface area contributed by atoms with Crippen LogP contribution >= 0.6 is 27.5 Å². The van der Waals surface area contributed by atoms with Gasteiger partial charge in [-0.25, -0.2) is 4.90 Å². The fourth-order valence-corrected chi connectivity index (χ4v) is 4.94. The van der Waals surface area contributed by atoms with Crippen LogP contribution in [0.3, 0.4) is 0 Å². The second-order valence-electron chi connectivity index (χ2n) is 7.20. The van der Waals surface area contributed by atoms with Crippen molar-refractivity contribution in [2.75, 3.05) is 4.90 Å². The van der Waals surface area contributed by atoms with Crippen LogP contribution in [0.1, 0.15) is 36.3 Å². The highest BCUT2D eigenvalue weighted by Crippen LogP contribution is 2.46. The first-order chi connectivity index (χ1) is 12.5. The maximum atomic E-state index is 13.1. The molecule has 2 fully saturated rings. The molecule has 0 aromatic heterocycles. The lowest BCUT2D eigenvalue weighted by Crippen LogP contribution is -2.31. The van der Waals surface area contributed by atoms with Gasteiger partial charge in [0.05, 0.1) is 22.5 Å². The summed E-state index contributed by atoms with van der Waals surface area (Å²) < 4.78 is 0.765. The van der Waals surface area contributed by atoms with E-state index in [9.17, 15) is 9.59 Å². The third-order valence-electron chi connectivity index (χ3n) is 5.68. The maximum absolute atomic E-state index is 13.1. The van der Waals surface area contributed by atoms with Crippen molar-refractivity contribution >= 4 is 45.0 Å². The second-order valence-corrected chi connectivity index (χ2v) is 8.46. The number of aryl methyl sites for hydroxylation is 1. The summed E-state index contributed by atoms with van der Waals surface area (Å²) in [6.45, 7) is 1.89. The van der Waals surface area contributed by atoms with Crippen LogP contribution in [0.25, 0.3) is 0 Å². The number of fused-ring (bicyclic) bond motifs is 1. The van der Waals surface area contributed by atoms with Gasteiger partial charge >= 0.3 is 0 Å². The minimum atomic E-state index is -0.233. The van der Waals surface area contributed by atoms with Gasteiger partial charge in [-0.2, -0.15) is 0 Å². The van der Waals surface area contributed by atoms with Crippen LogP contribution in [-0.4, -0.2) is 11.8 Å². The van der Waals surface area contributed by atoms with E-state index in [4.69, 9.17) is 11.6 Å². The molecule has 4 rings (SSSR count). The number of carbonyl (C=O) groups excluding carboxylic acids is 2. The van der Waals surface area contributed by atoms with E-state index in [1.54, 1.807) is 6.07 Å². The normalized spacial score (nSPS) is 25.5. The van der Waals surface area contributed by atoms with Gasteiger partial charge in [0.25, 0.3) is 0 Å². The van der Waals surface area contributed by atoms with Crippen molar-refractivity contribution in [3.8, 4) is 0 Å².